The van der Waals surface area contributed by atoms with E-state index in [0.717, 1.165) is 48.1 Å². The van der Waals surface area contributed by atoms with E-state index in [1.807, 2.05) is 30.3 Å². The number of nitrogens with zero attached hydrogens (tertiary/aromatic N) is 4. The summed E-state index contributed by atoms with van der Waals surface area (Å²) in [5.41, 5.74) is 3.66. The summed E-state index contributed by atoms with van der Waals surface area (Å²) < 4.78 is 1.74. The number of fused-ring (bicyclic) bond motifs is 2. The van der Waals surface area contributed by atoms with Crippen LogP contribution in [-0.2, 0) is 6.54 Å². The highest BCUT2D eigenvalue weighted by molar-refractivity contribution is 5.93. The maximum absolute atomic E-state index is 12.5. The van der Waals surface area contributed by atoms with Crippen molar-refractivity contribution in [1.82, 2.24) is 29.8 Å². The Labute approximate surface area is 155 Å². The lowest BCUT2D eigenvalue weighted by atomic mass is 9.98. The van der Waals surface area contributed by atoms with Crippen molar-refractivity contribution in [3.8, 4) is 11.3 Å². The van der Waals surface area contributed by atoms with E-state index in [4.69, 9.17) is 4.98 Å². The molecule has 7 nitrogen and oxygen atoms in total. The predicted octanol–water partition coefficient (Wildman–Crippen LogP) is 2.33. The van der Waals surface area contributed by atoms with Crippen molar-refractivity contribution in [1.29, 1.82) is 0 Å². The molecule has 0 unspecified atom stereocenters. The first-order chi connectivity index (χ1) is 13.3. The molecule has 7 heteroatoms. The highest BCUT2D eigenvalue weighted by atomic mass is 16.1. The van der Waals surface area contributed by atoms with Crippen LogP contribution in [0.2, 0.25) is 0 Å². The number of benzene rings is 1. The zero-order valence-corrected chi connectivity index (χ0v) is 14.9. The predicted molar refractivity (Wildman–Crippen MR) is 104 cm³/mol. The Morgan fingerprint density at radius 3 is 2.89 bits per heavy atom. The van der Waals surface area contributed by atoms with Gasteiger partial charge in [0, 0.05) is 23.7 Å². The van der Waals surface area contributed by atoms with Crippen LogP contribution in [0.15, 0.2) is 47.5 Å². The minimum atomic E-state index is -0.139. The second-order valence-electron chi connectivity index (χ2n) is 7.04. The average Bonchev–Trinajstić information content (AvgIpc) is 3.03. The average molecular weight is 360 g/mol. The van der Waals surface area contributed by atoms with E-state index < -0.39 is 0 Å². The number of hydrogen-bond acceptors (Lipinski definition) is 5. The van der Waals surface area contributed by atoms with Gasteiger partial charge in [0.25, 0.3) is 0 Å². The van der Waals surface area contributed by atoms with Crippen LogP contribution in [0, 0.1) is 5.92 Å². The molecule has 0 saturated carbocycles. The van der Waals surface area contributed by atoms with Crippen molar-refractivity contribution < 1.29 is 0 Å². The molecule has 0 radical (unpaired) electrons. The number of nitrogens with one attached hydrogen (secondary N) is 2. The number of rotatable bonds is 3. The molecule has 0 aliphatic carbocycles. The molecule has 4 aromatic rings. The molecular weight excluding hydrogens is 340 g/mol. The van der Waals surface area contributed by atoms with Crippen LogP contribution in [0.5, 0.6) is 0 Å². The topological polar surface area (TPSA) is 88.5 Å². The molecule has 3 aromatic heterocycles. The molecule has 27 heavy (non-hydrogen) atoms. The molecule has 5 rings (SSSR count). The zero-order valence-electron chi connectivity index (χ0n) is 14.9. The molecule has 0 bridgehead atoms. The first-order valence-electron chi connectivity index (χ1n) is 9.30. The summed E-state index contributed by atoms with van der Waals surface area (Å²) >= 11 is 0. The lowest BCUT2D eigenvalue weighted by Crippen LogP contribution is -2.32. The first kappa shape index (κ1) is 16.1. The molecule has 0 amide bonds. The van der Waals surface area contributed by atoms with Crippen LogP contribution in [0.1, 0.15) is 12.8 Å². The smallest absolute Gasteiger partial charge is 0.317 e. The Kier molecular flexibility index (Phi) is 3.94. The summed E-state index contributed by atoms with van der Waals surface area (Å²) in [6, 6.07) is 9.91. The second kappa shape index (κ2) is 6.59. The van der Waals surface area contributed by atoms with Gasteiger partial charge in [-0.3, -0.25) is 14.5 Å². The molecule has 1 aromatic carbocycles. The van der Waals surface area contributed by atoms with Gasteiger partial charge in [0.2, 0.25) is 0 Å². The maximum atomic E-state index is 12.5. The summed E-state index contributed by atoms with van der Waals surface area (Å²) in [4.78, 5) is 29.0. The van der Waals surface area contributed by atoms with Crippen LogP contribution in [0.4, 0.5) is 0 Å². The molecular formula is C20H20N6O. The van der Waals surface area contributed by atoms with Gasteiger partial charge in [0.15, 0.2) is 11.3 Å². The third kappa shape index (κ3) is 2.90. The Bertz CT molecular complexity index is 1170. The first-order valence-corrected chi connectivity index (χ1v) is 9.30. The lowest BCUT2D eigenvalue weighted by Gasteiger charge is -2.22. The normalized spacial score (nSPS) is 15.6. The van der Waals surface area contributed by atoms with Crippen LogP contribution in [0.3, 0.4) is 0 Å². The van der Waals surface area contributed by atoms with E-state index in [1.165, 1.54) is 0 Å². The fourth-order valence-corrected chi connectivity index (χ4v) is 3.87. The van der Waals surface area contributed by atoms with Crippen molar-refractivity contribution >= 4 is 22.2 Å². The van der Waals surface area contributed by atoms with Crippen molar-refractivity contribution in [2.75, 3.05) is 13.1 Å². The number of pyridine rings is 1. The summed E-state index contributed by atoms with van der Waals surface area (Å²) in [5.74, 6) is 0.482. The van der Waals surface area contributed by atoms with E-state index in [9.17, 15) is 4.79 Å². The van der Waals surface area contributed by atoms with Gasteiger partial charge in [-0.15, -0.1) is 0 Å². The lowest BCUT2D eigenvalue weighted by molar-refractivity contribution is 0.333. The van der Waals surface area contributed by atoms with Crippen LogP contribution < -0.4 is 11.0 Å². The number of H-pyrrole nitrogens is 1. The van der Waals surface area contributed by atoms with Crippen LogP contribution in [0.25, 0.3) is 33.5 Å². The summed E-state index contributed by atoms with van der Waals surface area (Å²) in [5, 5.41) is 4.39. The van der Waals surface area contributed by atoms with Gasteiger partial charge >= 0.3 is 5.69 Å². The fraction of sp³-hybridized carbons (Fsp3) is 0.300. The molecule has 4 heterocycles. The number of piperidine rings is 1. The van der Waals surface area contributed by atoms with E-state index in [0.29, 0.717) is 23.8 Å². The van der Waals surface area contributed by atoms with Gasteiger partial charge in [0.05, 0.1) is 17.4 Å². The monoisotopic (exact) mass is 360 g/mol. The van der Waals surface area contributed by atoms with Gasteiger partial charge in [0.1, 0.15) is 0 Å². The number of imidazole rings is 1. The number of aromatic nitrogens is 5. The Balaban J connectivity index is 1.62. The number of aromatic amines is 1. The minimum Gasteiger partial charge on any atom is -0.317 e. The minimum absolute atomic E-state index is 0.139. The van der Waals surface area contributed by atoms with Gasteiger partial charge in [-0.2, -0.15) is 0 Å². The largest absolute Gasteiger partial charge is 0.328 e. The molecule has 1 aliphatic rings. The molecule has 2 N–H and O–H groups in total. The van der Waals surface area contributed by atoms with Crippen LogP contribution in [-0.4, -0.2) is 37.6 Å². The van der Waals surface area contributed by atoms with Crippen molar-refractivity contribution in [3.05, 3.63) is 53.2 Å². The van der Waals surface area contributed by atoms with Crippen molar-refractivity contribution in [2.24, 2.45) is 5.92 Å². The summed E-state index contributed by atoms with van der Waals surface area (Å²) in [6.07, 6.45) is 5.64. The Morgan fingerprint density at radius 2 is 2.00 bits per heavy atom. The molecule has 1 fully saturated rings. The SMILES string of the molecule is O=c1[nH]c2ncc(-c3cccc4ncccc34)nc2n1CC1CCNCC1. The van der Waals surface area contributed by atoms with E-state index >= 15 is 0 Å². The molecule has 136 valence electrons. The van der Waals surface area contributed by atoms with E-state index in [1.54, 1.807) is 17.0 Å². The van der Waals surface area contributed by atoms with Crippen LogP contribution >= 0.6 is 0 Å². The highest BCUT2D eigenvalue weighted by Crippen LogP contribution is 2.26. The molecule has 1 saturated heterocycles. The third-order valence-corrected chi connectivity index (χ3v) is 5.30. The second-order valence-corrected chi connectivity index (χ2v) is 7.04. The Morgan fingerprint density at radius 1 is 1.11 bits per heavy atom. The van der Waals surface area contributed by atoms with E-state index in [2.05, 4.69) is 20.3 Å². The van der Waals surface area contributed by atoms with Gasteiger partial charge < -0.3 is 5.32 Å². The molecule has 1 aliphatic heterocycles. The zero-order chi connectivity index (χ0) is 18.2. The van der Waals surface area contributed by atoms with Crippen molar-refractivity contribution in [3.63, 3.8) is 0 Å². The van der Waals surface area contributed by atoms with Gasteiger partial charge in [-0.25, -0.2) is 14.8 Å². The maximum Gasteiger partial charge on any atom is 0.328 e. The standard InChI is InChI=1S/C20H20N6O/c27-20-25-18-19(26(20)12-13-6-9-21-10-7-13)24-17(11-23-18)15-3-1-5-16-14(15)4-2-8-22-16/h1-5,8,11,13,21H,6-7,9-10,12H2,(H,23,25,27). The molecule has 0 spiro atoms. The highest BCUT2D eigenvalue weighted by Gasteiger charge is 2.18. The van der Waals surface area contributed by atoms with Gasteiger partial charge in [-0.05, 0) is 44.0 Å². The Hall–Kier alpha value is -3.06. The third-order valence-electron chi connectivity index (χ3n) is 5.30. The summed E-state index contributed by atoms with van der Waals surface area (Å²) in [6.45, 7) is 2.68. The number of hydrogen-bond donors (Lipinski definition) is 2. The van der Waals surface area contributed by atoms with E-state index in [-0.39, 0.29) is 5.69 Å². The summed E-state index contributed by atoms with van der Waals surface area (Å²) in [7, 11) is 0. The fourth-order valence-electron chi connectivity index (χ4n) is 3.87. The quantitative estimate of drug-likeness (QED) is 0.585. The van der Waals surface area contributed by atoms with Crippen molar-refractivity contribution in [2.45, 2.75) is 19.4 Å². The van der Waals surface area contributed by atoms with Gasteiger partial charge in [-0.1, -0.05) is 18.2 Å². The molecule has 0 atom stereocenters.